The van der Waals surface area contributed by atoms with Gasteiger partial charge in [0.05, 0.1) is 0 Å². The van der Waals surface area contributed by atoms with Crippen molar-refractivity contribution in [1.82, 2.24) is 0 Å². The van der Waals surface area contributed by atoms with Gasteiger partial charge in [-0.05, 0) is 29.3 Å². The van der Waals surface area contributed by atoms with E-state index in [1.54, 1.807) is 12.1 Å². The highest BCUT2D eigenvalue weighted by Crippen LogP contribution is 2.14. The molecule has 7 nitrogen and oxygen atoms in total. The number of carboxylic acid groups (broad SMARTS) is 1. The summed E-state index contributed by atoms with van der Waals surface area (Å²) < 4.78 is 0. The fraction of sp³-hybridized carbons (Fsp3) is 0.0588. The molecule has 0 saturated heterocycles. The smallest absolute Gasteiger partial charge is 0.328 e. The van der Waals surface area contributed by atoms with E-state index < -0.39 is 5.97 Å². The monoisotopic (exact) mass is 323 g/mol. The van der Waals surface area contributed by atoms with Crippen molar-refractivity contribution in [3.05, 3.63) is 71.3 Å². The Morgan fingerprint density at radius 3 is 2.62 bits per heavy atom. The van der Waals surface area contributed by atoms with Crippen molar-refractivity contribution in [1.29, 1.82) is 5.53 Å². The van der Waals surface area contributed by atoms with Gasteiger partial charge in [-0.15, -0.1) is 5.11 Å². The summed E-state index contributed by atoms with van der Waals surface area (Å²) in [6.07, 6.45) is 2.65. The number of hydrogen-bond donors (Lipinski definition) is 4. The molecule has 0 radical (unpaired) electrons. The Kier molecular flexibility index (Phi) is 5.79. The second-order valence-corrected chi connectivity index (χ2v) is 4.91. The summed E-state index contributed by atoms with van der Waals surface area (Å²) in [7, 11) is 0. The Morgan fingerprint density at radius 1 is 1.25 bits per heavy atom. The van der Waals surface area contributed by atoms with Crippen molar-refractivity contribution in [2.75, 3.05) is 5.32 Å². The van der Waals surface area contributed by atoms with Gasteiger partial charge in [0, 0.05) is 23.9 Å². The Morgan fingerprint density at radius 2 is 2.00 bits per heavy atom. The van der Waals surface area contributed by atoms with Crippen LogP contribution in [0.15, 0.2) is 64.8 Å². The summed E-state index contributed by atoms with van der Waals surface area (Å²) in [4.78, 5) is 10.5. The van der Waals surface area contributed by atoms with E-state index in [0.717, 1.165) is 22.9 Å². The van der Waals surface area contributed by atoms with E-state index in [1.165, 1.54) is 0 Å². The molecule has 0 atom stereocenters. The standard InChI is InChI=1S/C17H17N5O2/c18-21-17(22-19)14-2-1-3-15(10-14)20-11-13-6-4-12(5-7-13)8-9-16(23)24/h1-10,18,20H,11,19H2,(H,23,24)/b9-8+,21-18?,22-17?. The van der Waals surface area contributed by atoms with Crippen LogP contribution in [0.3, 0.4) is 0 Å². The first-order chi connectivity index (χ1) is 11.6. The predicted octanol–water partition coefficient (Wildman–Crippen LogP) is 3.05. The van der Waals surface area contributed by atoms with Crippen LogP contribution in [-0.2, 0) is 11.3 Å². The third kappa shape index (κ3) is 4.77. The van der Waals surface area contributed by atoms with Crippen LogP contribution in [0.2, 0.25) is 0 Å². The molecule has 2 rings (SSSR count). The predicted molar refractivity (Wildman–Crippen MR) is 92.8 cm³/mol. The van der Waals surface area contributed by atoms with E-state index >= 15 is 0 Å². The second kappa shape index (κ2) is 8.23. The molecule has 0 aliphatic carbocycles. The van der Waals surface area contributed by atoms with E-state index in [4.69, 9.17) is 16.5 Å². The maximum Gasteiger partial charge on any atom is 0.328 e. The van der Waals surface area contributed by atoms with Crippen molar-refractivity contribution in [2.24, 2.45) is 16.1 Å². The molecule has 5 N–H and O–H groups in total. The lowest BCUT2D eigenvalue weighted by Crippen LogP contribution is -2.03. The maximum absolute atomic E-state index is 10.5. The van der Waals surface area contributed by atoms with E-state index in [-0.39, 0.29) is 5.84 Å². The molecule has 0 amide bonds. The zero-order valence-corrected chi connectivity index (χ0v) is 12.8. The van der Waals surface area contributed by atoms with Crippen LogP contribution in [0, 0.1) is 5.53 Å². The zero-order chi connectivity index (χ0) is 17.4. The number of aliphatic carboxylic acids is 1. The number of benzene rings is 2. The molecule has 0 spiro atoms. The molecule has 0 aliphatic rings. The van der Waals surface area contributed by atoms with Gasteiger partial charge in [-0.25, -0.2) is 10.3 Å². The van der Waals surface area contributed by atoms with Gasteiger partial charge >= 0.3 is 5.97 Å². The van der Waals surface area contributed by atoms with Crippen molar-refractivity contribution < 1.29 is 9.90 Å². The topological polar surface area (TPSA) is 124 Å². The first-order valence-electron chi connectivity index (χ1n) is 7.12. The normalized spacial score (nSPS) is 11.4. The Labute approximate surface area is 139 Å². The summed E-state index contributed by atoms with van der Waals surface area (Å²) in [6.45, 7) is 0.597. The molecular weight excluding hydrogens is 306 g/mol. The van der Waals surface area contributed by atoms with Crippen molar-refractivity contribution in [3.63, 3.8) is 0 Å². The SMILES string of the molecule is N=NC(=NN)c1cccc(NCc2ccc(/C=C/C(=O)O)cc2)c1. The minimum atomic E-state index is -0.972. The molecule has 122 valence electrons. The lowest BCUT2D eigenvalue weighted by molar-refractivity contribution is -0.131. The Hall–Kier alpha value is -3.48. The van der Waals surface area contributed by atoms with Crippen LogP contribution >= 0.6 is 0 Å². The number of amidine groups is 1. The molecule has 0 heterocycles. The highest BCUT2D eigenvalue weighted by molar-refractivity contribution is 5.99. The van der Waals surface area contributed by atoms with Gasteiger partial charge in [0.2, 0.25) is 0 Å². The molecule has 0 aromatic heterocycles. The summed E-state index contributed by atoms with van der Waals surface area (Å²) in [5.41, 5.74) is 10.4. The lowest BCUT2D eigenvalue weighted by Gasteiger charge is -2.08. The van der Waals surface area contributed by atoms with Crippen molar-refractivity contribution >= 4 is 23.6 Å². The van der Waals surface area contributed by atoms with Crippen LogP contribution in [0.25, 0.3) is 6.08 Å². The maximum atomic E-state index is 10.5. The fourth-order valence-corrected chi connectivity index (χ4v) is 2.05. The van der Waals surface area contributed by atoms with Gasteiger partial charge in [-0.1, -0.05) is 36.4 Å². The van der Waals surface area contributed by atoms with E-state index in [9.17, 15) is 4.79 Å². The number of hydrogen-bond acceptors (Lipinski definition) is 5. The number of carboxylic acids is 1. The van der Waals surface area contributed by atoms with E-state index in [2.05, 4.69) is 15.5 Å². The average Bonchev–Trinajstić information content (AvgIpc) is 2.60. The van der Waals surface area contributed by atoms with Crippen LogP contribution in [0.1, 0.15) is 16.7 Å². The molecule has 0 saturated carbocycles. The molecule has 7 heteroatoms. The van der Waals surface area contributed by atoms with Gasteiger partial charge < -0.3 is 16.3 Å². The van der Waals surface area contributed by atoms with Crippen LogP contribution in [0.4, 0.5) is 5.69 Å². The molecule has 2 aromatic carbocycles. The molecule has 0 unspecified atom stereocenters. The highest BCUT2D eigenvalue weighted by atomic mass is 16.4. The second-order valence-electron chi connectivity index (χ2n) is 4.91. The molecule has 2 aromatic rings. The minimum Gasteiger partial charge on any atom is -0.478 e. The van der Waals surface area contributed by atoms with E-state index in [0.29, 0.717) is 12.1 Å². The number of anilines is 1. The van der Waals surface area contributed by atoms with E-state index in [1.807, 2.05) is 42.5 Å². The molecule has 0 aliphatic heterocycles. The Bertz CT molecular complexity index is 782. The third-order valence-corrected chi connectivity index (χ3v) is 3.24. The summed E-state index contributed by atoms with van der Waals surface area (Å²) in [5, 5.41) is 18.6. The number of nitrogens with one attached hydrogen (secondary N) is 2. The summed E-state index contributed by atoms with van der Waals surface area (Å²) in [6, 6.07) is 14.9. The largest absolute Gasteiger partial charge is 0.478 e. The molecular formula is C17H17N5O2. The van der Waals surface area contributed by atoms with Gasteiger partial charge in [-0.3, -0.25) is 0 Å². The summed E-state index contributed by atoms with van der Waals surface area (Å²) >= 11 is 0. The van der Waals surface area contributed by atoms with Gasteiger partial charge in [-0.2, -0.15) is 5.10 Å². The molecule has 24 heavy (non-hydrogen) atoms. The van der Waals surface area contributed by atoms with Crippen LogP contribution < -0.4 is 11.2 Å². The number of hydrazone groups is 1. The number of nitrogens with two attached hydrogens (primary N) is 1. The molecule has 0 bridgehead atoms. The minimum absolute atomic E-state index is 0.160. The Balaban J connectivity index is 2.02. The van der Waals surface area contributed by atoms with Gasteiger partial charge in [0.1, 0.15) is 0 Å². The van der Waals surface area contributed by atoms with Crippen LogP contribution in [-0.4, -0.2) is 16.9 Å². The zero-order valence-electron chi connectivity index (χ0n) is 12.8. The first kappa shape index (κ1) is 16.9. The van der Waals surface area contributed by atoms with Crippen molar-refractivity contribution in [2.45, 2.75) is 6.54 Å². The quantitative estimate of drug-likeness (QED) is 0.163. The number of carbonyl (C=O) groups is 1. The highest BCUT2D eigenvalue weighted by Gasteiger charge is 2.03. The summed E-state index contributed by atoms with van der Waals surface area (Å²) in [5.74, 6) is 4.39. The number of rotatable bonds is 6. The average molecular weight is 323 g/mol. The lowest BCUT2D eigenvalue weighted by atomic mass is 10.1. The number of nitrogens with zero attached hydrogens (tertiary/aromatic N) is 2. The third-order valence-electron chi connectivity index (χ3n) is 3.24. The van der Waals surface area contributed by atoms with Crippen molar-refractivity contribution in [3.8, 4) is 0 Å². The molecule has 0 fully saturated rings. The van der Waals surface area contributed by atoms with Gasteiger partial charge in [0.25, 0.3) is 0 Å². The van der Waals surface area contributed by atoms with Crippen LogP contribution in [0.5, 0.6) is 0 Å². The first-order valence-corrected chi connectivity index (χ1v) is 7.12. The fourth-order valence-electron chi connectivity index (χ4n) is 2.05. The van der Waals surface area contributed by atoms with Gasteiger partial charge in [0.15, 0.2) is 5.84 Å².